The molecule has 2 aliphatic rings. The van der Waals surface area contributed by atoms with E-state index in [1.807, 2.05) is 4.90 Å². The predicted molar refractivity (Wildman–Crippen MR) is 110 cm³/mol. The fourth-order valence-electron chi connectivity index (χ4n) is 4.10. The third-order valence-electron chi connectivity index (χ3n) is 5.44. The van der Waals surface area contributed by atoms with Gasteiger partial charge in [0.2, 0.25) is 0 Å². The van der Waals surface area contributed by atoms with E-state index in [0.717, 1.165) is 37.2 Å². The van der Waals surface area contributed by atoms with Gasteiger partial charge in [0.15, 0.2) is 0 Å². The Kier molecular flexibility index (Phi) is 6.31. The van der Waals surface area contributed by atoms with E-state index in [4.69, 9.17) is 0 Å². The van der Waals surface area contributed by atoms with Gasteiger partial charge in [0, 0.05) is 17.8 Å². The van der Waals surface area contributed by atoms with Crippen molar-refractivity contribution in [3.05, 3.63) is 53.1 Å². The van der Waals surface area contributed by atoms with Crippen molar-refractivity contribution in [1.29, 1.82) is 0 Å². The monoisotopic (exact) mass is 352 g/mol. The Bertz CT molecular complexity index is 681. The number of amides is 1. The summed E-state index contributed by atoms with van der Waals surface area (Å²) in [7, 11) is 0. The van der Waals surface area contributed by atoms with Gasteiger partial charge in [-0.05, 0) is 68.0 Å². The number of fused-ring (bicyclic) bond motifs is 1. The van der Waals surface area contributed by atoms with Crippen molar-refractivity contribution in [3.63, 3.8) is 0 Å². The third kappa shape index (κ3) is 4.09. The highest BCUT2D eigenvalue weighted by Crippen LogP contribution is 2.32. The molecule has 0 spiro atoms. The maximum Gasteiger partial charge on any atom is 0.258 e. The van der Waals surface area contributed by atoms with Crippen LogP contribution in [0.4, 0.5) is 5.69 Å². The highest BCUT2D eigenvalue weighted by Gasteiger charge is 2.31. The summed E-state index contributed by atoms with van der Waals surface area (Å²) in [5.74, 6) is 0.665. The second-order valence-corrected chi connectivity index (χ2v) is 7.61. The first-order chi connectivity index (χ1) is 12.6. The van der Waals surface area contributed by atoms with Crippen LogP contribution < -0.4 is 4.90 Å². The topological polar surface area (TPSA) is 23.6 Å². The summed E-state index contributed by atoms with van der Waals surface area (Å²) in [4.78, 5) is 17.1. The van der Waals surface area contributed by atoms with E-state index in [9.17, 15) is 4.79 Å². The molecule has 140 valence electrons. The van der Waals surface area contributed by atoms with Gasteiger partial charge in [-0.15, -0.1) is 0 Å². The molecule has 1 saturated heterocycles. The number of nitrogens with zero attached hydrogens (tertiary/aromatic N) is 2. The molecule has 1 atom stereocenters. The van der Waals surface area contributed by atoms with Crippen molar-refractivity contribution >= 4 is 11.6 Å². The number of anilines is 1. The van der Waals surface area contributed by atoms with Crippen LogP contribution in [-0.2, 0) is 4.79 Å². The number of rotatable bonds is 8. The standard InChI is InChI=1S/C23H32N2O/c1-4-14-24(15-5-2)16-18(3)19-10-12-21(13-11-19)25-17-20-8-6-7-9-22(20)23(25)26/h8-13,18H,4-7,14-17H2,1-3H3. The third-order valence-corrected chi connectivity index (χ3v) is 5.44. The SMILES string of the molecule is CCCN(CCC)CC(C)c1ccc(N2CC3=CCCC=C3C2=O)cc1. The molecule has 1 fully saturated rings. The molecule has 3 nitrogen and oxygen atoms in total. The van der Waals surface area contributed by atoms with E-state index in [-0.39, 0.29) is 5.91 Å². The summed E-state index contributed by atoms with van der Waals surface area (Å²) >= 11 is 0. The molecule has 1 aliphatic heterocycles. The van der Waals surface area contributed by atoms with Crippen LogP contribution in [-0.4, -0.2) is 37.0 Å². The number of hydrogen-bond acceptors (Lipinski definition) is 2. The molecule has 0 radical (unpaired) electrons. The summed E-state index contributed by atoms with van der Waals surface area (Å²) in [6.07, 6.45) is 8.77. The second kappa shape index (κ2) is 8.68. The summed E-state index contributed by atoms with van der Waals surface area (Å²) < 4.78 is 0. The number of allylic oxidation sites excluding steroid dienone is 2. The largest absolute Gasteiger partial charge is 0.304 e. The average Bonchev–Trinajstić information content (AvgIpc) is 2.99. The van der Waals surface area contributed by atoms with E-state index in [0.29, 0.717) is 5.92 Å². The van der Waals surface area contributed by atoms with E-state index >= 15 is 0 Å². The van der Waals surface area contributed by atoms with Gasteiger partial charge in [-0.1, -0.05) is 45.1 Å². The Morgan fingerprint density at radius 1 is 1.04 bits per heavy atom. The number of benzene rings is 1. The van der Waals surface area contributed by atoms with Crippen molar-refractivity contribution in [2.45, 2.75) is 52.4 Å². The van der Waals surface area contributed by atoms with E-state index in [1.165, 1.54) is 37.1 Å². The van der Waals surface area contributed by atoms with Crippen LogP contribution in [0, 0.1) is 0 Å². The summed E-state index contributed by atoms with van der Waals surface area (Å²) in [5.41, 5.74) is 4.49. The molecule has 26 heavy (non-hydrogen) atoms. The highest BCUT2D eigenvalue weighted by atomic mass is 16.2. The maximum absolute atomic E-state index is 12.7. The Labute approximate surface area is 158 Å². The van der Waals surface area contributed by atoms with E-state index in [2.05, 4.69) is 62.1 Å². The smallest absolute Gasteiger partial charge is 0.258 e. The molecule has 0 saturated carbocycles. The summed E-state index contributed by atoms with van der Waals surface area (Å²) in [6.45, 7) is 11.0. The first-order valence-corrected chi connectivity index (χ1v) is 10.2. The van der Waals surface area contributed by atoms with Crippen LogP contribution in [0.3, 0.4) is 0 Å². The van der Waals surface area contributed by atoms with Crippen molar-refractivity contribution < 1.29 is 4.79 Å². The van der Waals surface area contributed by atoms with E-state index < -0.39 is 0 Å². The fourth-order valence-corrected chi connectivity index (χ4v) is 4.10. The van der Waals surface area contributed by atoms with Crippen LogP contribution in [0.25, 0.3) is 0 Å². The summed E-state index contributed by atoms with van der Waals surface area (Å²) in [5, 5.41) is 0. The van der Waals surface area contributed by atoms with Crippen LogP contribution >= 0.6 is 0 Å². The second-order valence-electron chi connectivity index (χ2n) is 7.61. The van der Waals surface area contributed by atoms with E-state index in [1.54, 1.807) is 0 Å². The predicted octanol–water partition coefficient (Wildman–Crippen LogP) is 4.91. The Hall–Kier alpha value is -1.87. The van der Waals surface area contributed by atoms with Gasteiger partial charge >= 0.3 is 0 Å². The summed E-state index contributed by atoms with van der Waals surface area (Å²) in [6, 6.07) is 8.64. The first kappa shape index (κ1) is 18.9. The molecule has 3 heteroatoms. The molecule has 1 unspecified atom stereocenters. The van der Waals surface area contributed by atoms with Crippen molar-refractivity contribution in [2.24, 2.45) is 0 Å². The van der Waals surface area contributed by atoms with Crippen LogP contribution in [0.2, 0.25) is 0 Å². The minimum atomic E-state index is 0.161. The lowest BCUT2D eigenvalue weighted by Gasteiger charge is -2.25. The van der Waals surface area contributed by atoms with Gasteiger partial charge in [0.1, 0.15) is 0 Å². The molecule has 1 amide bonds. The van der Waals surface area contributed by atoms with Crippen molar-refractivity contribution in [1.82, 2.24) is 4.90 Å². The molecule has 1 aromatic carbocycles. The molecule has 3 rings (SSSR count). The van der Waals surface area contributed by atoms with Crippen molar-refractivity contribution in [2.75, 3.05) is 31.1 Å². The zero-order chi connectivity index (χ0) is 18.5. The molecule has 1 heterocycles. The number of hydrogen-bond donors (Lipinski definition) is 0. The minimum absolute atomic E-state index is 0.161. The average molecular weight is 353 g/mol. The van der Waals surface area contributed by atoms with Gasteiger partial charge in [-0.25, -0.2) is 0 Å². The molecule has 0 N–H and O–H groups in total. The zero-order valence-corrected chi connectivity index (χ0v) is 16.5. The van der Waals surface area contributed by atoms with Crippen LogP contribution in [0.15, 0.2) is 47.6 Å². The van der Waals surface area contributed by atoms with Gasteiger partial charge < -0.3 is 9.80 Å². The Morgan fingerprint density at radius 3 is 2.31 bits per heavy atom. The molecule has 0 bridgehead atoms. The molecule has 1 aliphatic carbocycles. The lowest BCUT2D eigenvalue weighted by Crippen LogP contribution is -2.29. The highest BCUT2D eigenvalue weighted by molar-refractivity contribution is 6.12. The zero-order valence-electron chi connectivity index (χ0n) is 16.5. The lowest BCUT2D eigenvalue weighted by molar-refractivity contribution is -0.114. The Morgan fingerprint density at radius 2 is 1.69 bits per heavy atom. The quantitative estimate of drug-likeness (QED) is 0.664. The van der Waals surface area contributed by atoms with Gasteiger partial charge in [0.05, 0.1) is 6.54 Å². The lowest BCUT2D eigenvalue weighted by atomic mass is 10.00. The van der Waals surface area contributed by atoms with Crippen molar-refractivity contribution in [3.8, 4) is 0 Å². The number of carbonyl (C=O) groups excluding carboxylic acids is 1. The van der Waals surface area contributed by atoms with Crippen LogP contribution in [0.1, 0.15) is 57.9 Å². The molecular weight excluding hydrogens is 320 g/mol. The van der Waals surface area contributed by atoms with Gasteiger partial charge in [0.25, 0.3) is 5.91 Å². The van der Waals surface area contributed by atoms with Gasteiger partial charge in [-0.2, -0.15) is 0 Å². The Balaban J connectivity index is 1.67. The van der Waals surface area contributed by atoms with Crippen LogP contribution in [0.5, 0.6) is 0 Å². The number of carbonyl (C=O) groups is 1. The molecule has 1 aromatic rings. The normalized spacial score (nSPS) is 18.0. The van der Waals surface area contributed by atoms with Gasteiger partial charge in [-0.3, -0.25) is 4.79 Å². The fraction of sp³-hybridized carbons (Fsp3) is 0.522. The minimum Gasteiger partial charge on any atom is -0.304 e. The molecular formula is C23H32N2O. The first-order valence-electron chi connectivity index (χ1n) is 10.2. The molecule has 0 aromatic heterocycles. The maximum atomic E-state index is 12.7.